The van der Waals surface area contributed by atoms with Crippen molar-refractivity contribution in [1.82, 2.24) is 4.90 Å². The SMILES string of the molecule is COC1C2CC3CN(C=O)C1C3C2. The lowest BCUT2D eigenvalue weighted by Crippen LogP contribution is -2.41. The van der Waals surface area contributed by atoms with E-state index in [1.165, 1.54) is 12.8 Å². The van der Waals surface area contributed by atoms with Crippen LogP contribution in [0.25, 0.3) is 0 Å². The van der Waals surface area contributed by atoms with E-state index < -0.39 is 0 Å². The highest BCUT2D eigenvalue weighted by atomic mass is 16.5. The third-order valence-electron chi connectivity index (χ3n) is 4.26. The summed E-state index contributed by atoms with van der Waals surface area (Å²) in [5.41, 5.74) is 0. The second kappa shape index (κ2) is 2.47. The smallest absolute Gasteiger partial charge is 0.210 e. The van der Waals surface area contributed by atoms with Crippen molar-refractivity contribution in [2.75, 3.05) is 13.7 Å². The van der Waals surface area contributed by atoms with Crippen LogP contribution in [-0.4, -0.2) is 37.1 Å². The number of nitrogens with zero attached hydrogens (tertiary/aromatic N) is 1. The van der Waals surface area contributed by atoms with E-state index in [9.17, 15) is 4.79 Å². The molecular formula is C10H15NO2. The largest absolute Gasteiger partial charge is 0.379 e. The second-order valence-corrected chi connectivity index (χ2v) is 4.65. The third-order valence-corrected chi connectivity index (χ3v) is 4.26. The van der Waals surface area contributed by atoms with Crippen molar-refractivity contribution in [1.29, 1.82) is 0 Å². The Labute approximate surface area is 78.0 Å². The van der Waals surface area contributed by atoms with Gasteiger partial charge in [0.25, 0.3) is 0 Å². The predicted molar refractivity (Wildman–Crippen MR) is 47.1 cm³/mol. The van der Waals surface area contributed by atoms with Crippen molar-refractivity contribution in [2.45, 2.75) is 25.0 Å². The van der Waals surface area contributed by atoms with E-state index in [1.807, 2.05) is 4.90 Å². The zero-order valence-electron chi connectivity index (χ0n) is 7.85. The molecule has 0 radical (unpaired) electrons. The van der Waals surface area contributed by atoms with Crippen molar-refractivity contribution in [3.63, 3.8) is 0 Å². The molecule has 5 atom stereocenters. The van der Waals surface area contributed by atoms with E-state index in [4.69, 9.17) is 4.74 Å². The van der Waals surface area contributed by atoms with Crippen LogP contribution in [0.1, 0.15) is 12.8 Å². The van der Waals surface area contributed by atoms with Gasteiger partial charge in [-0.15, -0.1) is 0 Å². The molecule has 3 nitrogen and oxygen atoms in total. The summed E-state index contributed by atoms with van der Waals surface area (Å²) < 4.78 is 5.51. The molecular weight excluding hydrogens is 166 g/mol. The van der Waals surface area contributed by atoms with Gasteiger partial charge in [0.1, 0.15) is 0 Å². The predicted octanol–water partition coefficient (Wildman–Crippen LogP) is 0.498. The summed E-state index contributed by atoms with van der Waals surface area (Å²) in [5, 5.41) is 0. The molecule has 0 spiro atoms. The van der Waals surface area contributed by atoms with Gasteiger partial charge in [-0.1, -0.05) is 0 Å². The van der Waals surface area contributed by atoms with Crippen LogP contribution >= 0.6 is 0 Å². The van der Waals surface area contributed by atoms with Crippen LogP contribution in [-0.2, 0) is 9.53 Å². The first kappa shape index (κ1) is 7.80. The van der Waals surface area contributed by atoms with Crippen LogP contribution in [0, 0.1) is 17.8 Å². The Morgan fingerprint density at radius 3 is 2.92 bits per heavy atom. The summed E-state index contributed by atoms with van der Waals surface area (Å²) in [4.78, 5) is 12.8. The molecule has 1 aliphatic heterocycles. The maximum absolute atomic E-state index is 10.8. The Balaban J connectivity index is 1.93. The van der Waals surface area contributed by atoms with Crippen LogP contribution < -0.4 is 0 Å². The Morgan fingerprint density at radius 1 is 1.38 bits per heavy atom. The number of amides is 1. The highest BCUT2D eigenvalue weighted by molar-refractivity contribution is 5.50. The summed E-state index contributed by atoms with van der Waals surface area (Å²) in [6, 6.07) is 0.409. The molecule has 5 unspecified atom stereocenters. The number of rotatable bonds is 2. The van der Waals surface area contributed by atoms with E-state index >= 15 is 0 Å². The van der Waals surface area contributed by atoms with Gasteiger partial charge in [-0.3, -0.25) is 4.79 Å². The van der Waals surface area contributed by atoms with E-state index in [0.29, 0.717) is 12.1 Å². The standard InChI is InChI=1S/C10H15NO2/c1-13-10-6-2-7-4-11(5-12)9(10)8(7)3-6/h5-10H,2-4H2,1H3. The number of hydrogen-bond acceptors (Lipinski definition) is 2. The van der Waals surface area contributed by atoms with E-state index in [1.54, 1.807) is 7.11 Å². The van der Waals surface area contributed by atoms with Gasteiger partial charge >= 0.3 is 0 Å². The highest BCUT2D eigenvalue weighted by Crippen LogP contribution is 2.55. The molecule has 0 aromatic rings. The van der Waals surface area contributed by atoms with Crippen LogP contribution in [0.2, 0.25) is 0 Å². The zero-order valence-corrected chi connectivity index (χ0v) is 7.85. The van der Waals surface area contributed by atoms with E-state index in [0.717, 1.165) is 30.7 Å². The third kappa shape index (κ3) is 0.810. The fourth-order valence-corrected chi connectivity index (χ4v) is 3.89. The van der Waals surface area contributed by atoms with Gasteiger partial charge in [0.2, 0.25) is 6.41 Å². The average molecular weight is 181 g/mol. The lowest BCUT2D eigenvalue weighted by atomic mass is 9.88. The monoisotopic (exact) mass is 181 g/mol. The molecule has 72 valence electrons. The molecule has 0 N–H and O–H groups in total. The van der Waals surface area contributed by atoms with Crippen molar-refractivity contribution in [3.05, 3.63) is 0 Å². The normalized spacial score (nSPS) is 51.8. The van der Waals surface area contributed by atoms with Crippen molar-refractivity contribution >= 4 is 6.41 Å². The van der Waals surface area contributed by atoms with Gasteiger partial charge in [-0.2, -0.15) is 0 Å². The molecule has 3 aliphatic rings. The zero-order chi connectivity index (χ0) is 9.00. The molecule has 2 bridgehead atoms. The van der Waals surface area contributed by atoms with Gasteiger partial charge in [-0.05, 0) is 30.6 Å². The van der Waals surface area contributed by atoms with Crippen molar-refractivity contribution in [2.24, 2.45) is 17.8 Å². The number of ether oxygens (including phenoxy) is 1. The van der Waals surface area contributed by atoms with Crippen molar-refractivity contribution < 1.29 is 9.53 Å². The van der Waals surface area contributed by atoms with Gasteiger partial charge in [0, 0.05) is 13.7 Å². The van der Waals surface area contributed by atoms with Gasteiger partial charge in [0.05, 0.1) is 12.1 Å². The number of carbonyl (C=O) groups is 1. The first-order chi connectivity index (χ1) is 6.35. The lowest BCUT2D eigenvalue weighted by molar-refractivity contribution is -0.121. The topological polar surface area (TPSA) is 29.5 Å². The molecule has 1 heterocycles. The Bertz CT molecular complexity index is 241. The summed E-state index contributed by atoms with van der Waals surface area (Å²) in [5.74, 6) is 2.27. The van der Waals surface area contributed by atoms with Crippen molar-refractivity contribution in [3.8, 4) is 0 Å². The summed E-state index contributed by atoms with van der Waals surface area (Å²) in [7, 11) is 1.78. The van der Waals surface area contributed by atoms with Crippen LogP contribution in [0.5, 0.6) is 0 Å². The van der Waals surface area contributed by atoms with Crippen LogP contribution in [0.3, 0.4) is 0 Å². The molecule has 3 rings (SSSR count). The maximum atomic E-state index is 10.8. The van der Waals surface area contributed by atoms with Crippen LogP contribution in [0.15, 0.2) is 0 Å². The molecule has 0 aromatic heterocycles. The van der Waals surface area contributed by atoms with Gasteiger partial charge < -0.3 is 9.64 Å². The first-order valence-electron chi connectivity index (χ1n) is 5.09. The van der Waals surface area contributed by atoms with Gasteiger partial charge in [0.15, 0.2) is 0 Å². The number of hydrogen-bond donors (Lipinski definition) is 0. The Hall–Kier alpha value is -0.570. The van der Waals surface area contributed by atoms with Gasteiger partial charge in [-0.25, -0.2) is 0 Å². The van der Waals surface area contributed by atoms with E-state index in [-0.39, 0.29) is 0 Å². The highest BCUT2D eigenvalue weighted by Gasteiger charge is 2.59. The van der Waals surface area contributed by atoms with Crippen LogP contribution in [0.4, 0.5) is 0 Å². The quantitative estimate of drug-likeness (QED) is 0.580. The summed E-state index contributed by atoms with van der Waals surface area (Å²) in [6.45, 7) is 0.981. The Morgan fingerprint density at radius 2 is 2.23 bits per heavy atom. The minimum atomic E-state index is 0.328. The second-order valence-electron chi connectivity index (χ2n) is 4.65. The number of fused-ring (bicyclic) bond motifs is 1. The molecule has 2 aliphatic carbocycles. The first-order valence-corrected chi connectivity index (χ1v) is 5.09. The molecule has 1 saturated heterocycles. The molecule has 1 amide bonds. The lowest BCUT2D eigenvalue weighted by Gasteiger charge is -2.29. The fraction of sp³-hybridized carbons (Fsp3) is 0.900. The number of likely N-dealkylation sites (tertiary alicyclic amines) is 1. The summed E-state index contributed by atoms with van der Waals surface area (Å²) >= 11 is 0. The fourth-order valence-electron chi connectivity index (χ4n) is 3.89. The number of carbonyl (C=O) groups excluding carboxylic acids is 1. The average Bonchev–Trinajstić information content (AvgIpc) is 2.71. The molecule has 13 heavy (non-hydrogen) atoms. The minimum Gasteiger partial charge on any atom is -0.379 e. The minimum absolute atomic E-state index is 0.328. The Kier molecular flexibility index (Phi) is 1.48. The molecule has 3 heteroatoms. The molecule has 3 fully saturated rings. The maximum Gasteiger partial charge on any atom is 0.210 e. The van der Waals surface area contributed by atoms with E-state index in [2.05, 4.69) is 0 Å². The summed E-state index contributed by atoms with van der Waals surface area (Å²) in [6.07, 6.45) is 3.91. The molecule has 0 aromatic carbocycles. The number of methoxy groups -OCH3 is 1. The molecule has 2 saturated carbocycles.